The number of alkyl halides is 3. The van der Waals surface area contributed by atoms with E-state index in [1.165, 1.54) is 6.07 Å². The molecule has 7 heteroatoms. The molecule has 140 valence electrons. The quantitative estimate of drug-likeness (QED) is 0.781. The zero-order valence-electron chi connectivity index (χ0n) is 14.6. The van der Waals surface area contributed by atoms with Crippen molar-refractivity contribution in [2.75, 3.05) is 30.4 Å². The van der Waals surface area contributed by atoms with Gasteiger partial charge < -0.3 is 15.0 Å². The molecule has 2 aromatic rings. The van der Waals surface area contributed by atoms with E-state index in [0.717, 1.165) is 17.8 Å². The first-order chi connectivity index (χ1) is 12.3. The molecule has 0 aromatic heterocycles. The zero-order valence-corrected chi connectivity index (χ0v) is 14.6. The van der Waals surface area contributed by atoms with Crippen molar-refractivity contribution in [1.29, 1.82) is 0 Å². The van der Waals surface area contributed by atoms with Crippen LogP contribution in [0.25, 0.3) is 0 Å². The van der Waals surface area contributed by atoms with Crippen LogP contribution in [-0.4, -0.2) is 26.1 Å². The van der Waals surface area contributed by atoms with Crippen LogP contribution in [0.1, 0.15) is 18.9 Å². The van der Waals surface area contributed by atoms with Crippen LogP contribution in [0.3, 0.4) is 0 Å². The maximum absolute atomic E-state index is 13.0. The van der Waals surface area contributed by atoms with Crippen LogP contribution < -0.4 is 15.0 Å². The Morgan fingerprint density at radius 3 is 2.46 bits per heavy atom. The van der Waals surface area contributed by atoms with E-state index >= 15 is 0 Å². The van der Waals surface area contributed by atoms with Crippen LogP contribution in [-0.2, 0) is 11.0 Å². The number of nitrogens with one attached hydrogen (secondary N) is 1. The number of halogens is 3. The van der Waals surface area contributed by atoms with Gasteiger partial charge in [0.25, 0.3) is 0 Å². The monoisotopic (exact) mass is 366 g/mol. The van der Waals surface area contributed by atoms with Crippen molar-refractivity contribution < 1.29 is 22.7 Å². The number of ether oxygens (including phenoxy) is 1. The van der Waals surface area contributed by atoms with Crippen LogP contribution >= 0.6 is 0 Å². The lowest BCUT2D eigenvalue weighted by Crippen LogP contribution is -2.30. The van der Waals surface area contributed by atoms with E-state index < -0.39 is 17.6 Å². The third kappa shape index (κ3) is 5.40. The predicted octanol–water partition coefficient (Wildman–Crippen LogP) is 4.57. The third-order valence-corrected chi connectivity index (χ3v) is 3.62. The first kappa shape index (κ1) is 19.6. The van der Waals surface area contributed by atoms with Crippen molar-refractivity contribution in [3.8, 4) is 5.75 Å². The molecule has 0 heterocycles. The van der Waals surface area contributed by atoms with E-state index in [4.69, 9.17) is 4.74 Å². The maximum atomic E-state index is 13.0. The largest absolute Gasteiger partial charge is 0.491 e. The van der Waals surface area contributed by atoms with E-state index in [-0.39, 0.29) is 18.0 Å². The highest BCUT2D eigenvalue weighted by Crippen LogP contribution is 2.35. The van der Waals surface area contributed by atoms with Crippen LogP contribution in [0.2, 0.25) is 0 Å². The Morgan fingerprint density at radius 1 is 1.15 bits per heavy atom. The van der Waals surface area contributed by atoms with Gasteiger partial charge in [-0.2, -0.15) is 13.2 Å². The number of carbonyl (C=O) groups is 1. The van der Waals surface area contributed by atoms with Gasteiger partial charge in [0.05, 0.1) is 24.4 Å². The summed E-state index contributed by atoms with van der Waals surface area (Å²) in [6, 6.07) is 12.3. The van der Waals surface area contributed by atoms with Gasteiger partial charge in [-0.25, -0.2) is 0 Å². The number of benzene rings is 2. The van der Waals surface area contributed by atoms with E-state index in [1.54, 1.807) is 11.9 Å². The van der Waals surface area contributed by atoms with Gasteiger partial charge in [-0.15, -0.1) is 0 Å². The Bertz CT molecular complexity index is 733. The fourth-order valence-electron chi connectivity index (χ4n) is 2.32. The van der Waals surface area contributed by atoms with Crippen LogP contribution in [0, 0.1) is 0 Å². The van der Waals surface area contributed by atoms with Crippen molar-refractivity contribution in [3.63, 3.8) is 0 Å². The molecule has 0 radical (unpaired) electrons. The average Bonchev–Trinajstić information content (AvgIpc) is 2.60. The number of para-hydroxylation sites is 1. The van der Waals surface area contributed by atoms with Gasteiger partial charge in [0.15, 0.2) is 0 Å². The van der Waals surface area contributed by atoms with Gasteiger partial charge in [0.2, 0.25) is 5.91 Å². The second-order valence-corrected chi connectivity index (χ2v) is 5.80. The van der Waals surface area contributed by atoms with Gasteiger partial charge >= 0.3 is 6.18 Å². The zero-order chi connectivity index (χ0) is 19.2. The second kappa shape index (κ2) is 8.60. The smallest absolute Gasteiger partial charge is 0.416 e. The topological polar surface area (TPSA) is 41.6 Å². The Morgan fingerprint density at radius 2 is 1.85 bits per heavy atom. The first-order valence-corrected chi connectivity index (χ1v) is 8.21. The normalized spacial score (nSPS) is 11.1. The van der Waals surface area contributed by atoms with E-state index in [2.05, 4.69) is 5.32 Å². The van der Waals surface area contributed by atoms with Gasteiger partial charge in [-0.3, -0.25) is 4.79 Å². The molecule has 0 aliphatic carbocycles. The molecule has 26 heavy (non-hydrogen) atoms. The Kier molecular flexibility index (Phi) is 6.49. The molecule has 0 aliphatic heterocycles. The molecule has 0 aliphatic rings. The van der Waals surface area contributed by atoms with E-state index in [9.17, 15) is 18.0 Å². The number of amides is 1. The van der Waals surface area contributed by atoms with Gasteiger partial charge in [0, 0.05) is 12.7 Å². The fourth-order valence-corrected chi connectivity index (χ4v) is 2.32. The molecule has 0 unspecified atom stereocenters. The molecule has 1 N–H and O–H groups in total. The molecule has 2 aromatic carbocycles. The summed E-state index contributed by atoms with van der Waals surface area (Å²) in [7, 11) is 1.73. The SMILES string of the molecule is CCCOc1ccc(C(F)(F)F)cc1NC(=O)CN(C)c1ccccc1. The van der Waals surface area contributed by atoms with Gasteiger partial charge in [-0.05, 0) is 36.8 Å². The van der Waals surface area contributed by atoms with Gasteiger partial charge in [-0.1, -0.05) is 25.1 Å². The lowest BCUT2D eigenvalue weighted by Gasteiger charge is -2.20. The Labute approximate surface area is 150 Å². The van der Waals surface area contributed by atoms with Crippen molar-refractivity contribution in [3.05, 3.63) is 54.1 Å². The highest BCUT2D eigenvalue weighted by molar-refractivity contribution is 5.95. The van der Waals surface area contributed by atoms with E-state index in [0.29, 0.717) is 13.0 Å². The summed E-state index contributed by atoms with van der Waals surface area (Å²) in [5, 5.41) is 2.53. The van der Waals surface area contributed by atoms with E-state index in [1.807, 2.05) is 37.3 Å². The molecule has 0 saturated carbocycles. The number of carbonyl (C=O) groups excluding carboxylic acids is 1. The molecule has 4 nitrogen and oxygen atoms in total. The van der Waals surface area contributed by atoms with Crippen LogP contribution in [0.15, 0.2) is 48.5 Å². The molecule has 2 rings (SSSR count). The predicted molar refractivity (Wildman–Crippen MR) is 95.6 cm³/mol. The second-order valence-electron chi connectivity index (χ2n) is 5.80. The van der Waals surface area contributed by atoms with Crippen molar-refractivity contribution in [2.45, 2.75) is 19.5 Å². The number of likely N-dealkylation sites (N-methyl/N-ethyl adjacent to an activating group) is 1. The van der Waals surface area contributed by atoms with Crippen molar-refractivity contribution in [1.82, 2.24) is 0 Å². The minimum Gasteiger partial charge on any atom is -0.491 e. The standard InChI is InChI=1S/C19H21F3N2O2/c1-3-11-26-17-10-9-14(19(20,21)22)12-16(17)23-18(25)13-24(2)15-7-5-4-6-8-15/h4-10,12H,3,11,13H2,1-2H3,(H,23,25). The average molecular weight is 366 g/mol. The number of rotatable bonds is 7. The molecular formula is C19H21F3N2O2. The molecule has 0 saturated heterocycles. The summed E-state index contributed by atoms with van der Waals surface area (Å²) >= 11 is 0. The molecular weight excluding hydrogens is 345 g/mol. The summed E-state index contributed by atoms with van der Waals surface area (Å²) in [6.45, 7) is 2.22. The minimum atomic E-state index is -4.50. The molecule has 0 fully saturated rings. The maximum Gasteiger partial charge on any atom is 0.416 e. The van der Waals surface area contributed by atoms with Crippen molar-refractivity contribution >= 4 is 17.3 Å². The summed E-state index contributed by atoms with van der Waals surface area (Å²) < 4.78 is 44.3. The lowest BCUT2D eigenvalue weighted by molar-refractivity contribution is -0.137. The number of anilines is 2. The Balaban J connectivity index is 2.15. The summed E-state index contributed by atoms with van der Waals surface area (Å²) in [6.07, 6.45) is -3.80. The molecule has 1 amide bonds. The van der Waals surface area contributed by atoms with Gasteiger partial charge in [0.1, 0.15) is 5.75 Å². The fraction of sp³-hybridized carbons (Fsp3) is 0.316. The Hall–Kier alpha value is -2.70. The molecule has 0 spiro atoms. The first-order valence-electron chi connectivity index (χ1n) is 8.21. The third-order valence-electron chi connectivity index (χ3n) is 3.62. The van der Waals surface area contributed by atoms with Crippen molar-refractivity contribution in [2.24, 2.45) is 0 Å². The number of hydrogen-bond acceptors (Lipinski definition) is 3. The highest BCUT2D eigenvalue weighted by Gasteiger charge is 2.31. The highest BCUT2D eigenvalue weighted by atomic mass is 19.4. The molecule has 0 bridgehead atoms. The summed E-state index contributed by atoms with van der Waals surface area (Å²) in [5.41, 5.74) is 0.00180. The minimum absolute atomic E-state index is 0.00647. The number of nitrogens with zero attached hydrogens (tertiary/aromatic N) is 1. The van der Waals surface area contributed by atoms with Crippen LogP contribution in [0.5, 0.6) is 5.75 Å². The lowest BCUT2D eigenvalue weighted by atomic mass is 10.1. The molecule has 0 atom stereocenters. The summed E-state index contributed by atoms with van der Waals surface area (Å²) in [4.78, 5) is 14.0. The number of hydrogen-bond donors (Lipinski definition) is 1. The summed E-state index contributed by atoms with van der Waals surface area (Å²) in [5.74, 6) is -0.215. The van der Waals surface area contributed by atoms with Crippen LogP contribution in [0.4, 0.5) is 24.5 Å².